The summed E-state index contributed by atoms with van der Waals surface area (Å²) < 4.78 is 27.1. The molecule has 0 nitrogen and oxygen atoms in total. The molecule has 3 aromatic carbocycles. The van der Waals surface area contributed by atoms with E-state index in [0.717, 1.165) is 30.4 Å². The van der Waals surface area contributed by atoms with Gasteiger partial charge in [-0.15, -0.1) is 0 Å². The lowest BCUT2D eigenvalue weighted by Gasteiger charge is -2.41. The molecule has 0 amide bonds. The van der Waals surface area contributed by atoms with Gasteiger partial charge in [0.05, 0.1) is 0 Å². The zero-order valence-electron chi connectivity index (χ0n) is 14.2. The Kier molecular flexibility index (Phi) is 3.91. The molecule has 0 bridgehead atoms. The summed E-state index contributed by atoms with van der Waals surface area (Å²) in [6.45, 7) is 2.14. The number of rotatable bonds is 2. The van der Waals surface area contributed by atoms with E-state index >= 15 is 0 Å². The van der Waals surface area contributed by atoms with Crippen LogP contribution in [0.2, 0.25) is 0 Å². The highest BCUT2D eigenvalue weighted by molar-refractivity contribution is 5.56. The topological polar surface area (TPSA) is 0 Å². The van der Waals surface area contributed by atoms with Crippen LogP contribution in [0.15, 0.2) is 66.7 Å². The van der Waals surface area contributed by atoms with Crippen LogP contribution in [0.25, 0.3) is 0 Å². The number of hydrogen-bond acceptors (Lipinski definition) is 0. The van der Waals surface area contributed by atoms with Gasteiger partial charge in [-0.2, -0.15) is 0 Å². The number of benzene rings is 3. The predicted molar refractivity (Wildman–Crippen MR) is 96.8 cm³/mol. The van der Waals surface area contributed by atoms with Gasteiger partial charge in [0.1, 0.15) is 11.6 Å². The molecule has 0 spiro atoms. The van der Waals surface area contributed by atoms with Crippen molar-refractivity contribution in [3.63, 3.8) is 0 Å². The van der Waals surface area contributed by atoms with Crippen molar-refractivity contribution in [2.45, 2.75) is 31.6 Å². The molecule has 0 radical (unpaired) electrons. The van der Waals surface area contributed by atoms with E-state index in [1.165, 1.54) is 41.0 Å². The second-order valence-electron chi connectivity index (χ2n) is 6.87. The van der Waals surface area contributed by atoms with Crippen LogP contribution in [0.3, 0.4) is 0 Å². The molecule has 0 saturated heterocycles. The van der Waals surface area contributed by atoms with Gasteiger partial charge in [0, 0.05) is 5.41 Å². The Hall–Kier alpha value is -2.48. The van der Waals surface area contributed by atoms with Crippen molar-refractivity contribution in [1.29, 1.82) is 0 Å². The first-order chi connectivity index (χ1) is 12.1. The van der Waals surface area contributed by atoms with E-state index in [9.17, 15) is 8.78 Å². The van der Waals surface area contributed by atoms with Crippen LogP contribution in [0.4, 0.5) is 8.78 Å². The molecule has 25 heavy (non-hydrogen) atoms. The molecule has 0 atom stereocenters. The molecular formula is C23H20F2. The van der Waals surface area contributed by atoms with Gasteiger partial charge in [0.2, 0.25) is 0 Å². The van der Waals surface area contributed by atoms with E-state index in [4.69, 9.17) is 0 Å². The second kappa shape index (κ2) is 6.11. The van der Waals surface area contributed by atoms with Crippen LogP contribution in [0, 0.1) is 18.6 Å². The summed E-state index contributed by atoms with van der Waals surface area (Å²) in [6.07, 6.45) is 3.03. The minimum absolute atomic E-state index is 0.238. The van der Waals surface area contributed by atoms with Crippen molar-refractivity contribution in [3.8, 4) is 0 Å². The Morgan fingerprint density at radius 3 is 1.88 bits per heavy atom. The number of aryl methyl sites for hydroxylation is 1. The molecule has 1 aliphatic rings. The fraction of sp³-hybridized carbons (Fsp3) is 0.217. The molecule has 2 heteroatoms. The fourth-order valence-electron chi connectivity index (χ4n) is 4.33. The lowest BCUT2D eigenvalue weighted by molar-refractivity contribution is 0.494. The van der Waals surface area contributed by atoms with E-state index in [0.29, 0.717) is 0 Å². The molecule has 0 aromatic heterocycles. The molecule has 0 aliphatic heterocycles. The predicted octanol–water partition coefficient (Wildman–Crippen LogP) is 5.94. The second-order valence-corrected chi connectivity index (χ2v) is 6.87. The van der Waals surface area contributed by atoms with Crippen LogP contribution >= 0.6 is 0 Å². The maximum Gasteiger partial charge on any atom is 0.123 e. The monoisotopic (exact) mass is 334 g/mol. The summed E-state index contributed by atoms with van der Waals surface area (Å²) in [4.78, 5) is 0. The van der Waals surface area contributed by atoms with Gasteiger partial charge in [-0.25, -0.2) is 8.78 Å². The normalized spacial score (nSPS) is 15.6. The Labute approximate surface area is 147 Å². The van der Waals surface area contributed by atoms with Crippen molar-refractivity contribution in [3.05, 3.63) is 106 Å². The zero-order valence-corrected chi connectivity index (χ0v) is 14.2. The van der Waals surface area contributed by atoms with Crippen LogP contribution in [-0.4, -0.2) is 0 Å². The first-order valence-corrected chi connectivity index (χ1v) is 8.72. The lowest BCUT2D eigenvalue weighted by Crippen LogP contribution is -2.34. The number of hydrogen-bond donors (Lipinski definition) is 0. The van der Waals surface area contributed by atoms with Crippen molar-refractivity contribution in [1.82, 2.24) is 0 Å². The van der Waals surface area contributed by atoms with Crippen LogP contribution < -0.4 is 0 Å². The summed E-state index contributed by atoms with van der Waals surface area (Å²) in [5.74, 6) is -0.475. The lowest BCUT2D eigenvalue weighted by atomic mass is 9.62. The van der Waals surface area contributed by atoms with Crippen molar-refractivity contribution < 1.29 is 8.78 Å². The highest BCUT2D eigenvalue weighted by Crippen LogP contribution is 2.48. The molecule has 0 fully saturated rings. The molecule has 0 saturated carbocycles. The van der Waals surface area contributed by atoms with E-state index in [-0.39, 0.29) is 17.0 Å². The van der Waals surface area contributed by atoms with E-state index in [1.807, 2.05) is 24.3 Å². The third-order valence-corrected chi connectivity index (χ3v) is 5.52. The van der Waals surface area contributed by atoms with Gasteiger partial charge < -0.3 is 0 Å². The van der Waals surface area contributed by atoms with Gasteiger partial charge in [0.15, 0.2) is 0 Å². The van der Waals surface area contributed by atoms with Crippen LogP contribution in [0.1, 0.15) is 40.7 Å². The maximum atomic E-state index is 13.5. The average Bonchev–Trinajstić information content (AvgIpc) is 2.63. The van der Waals surface area contributed by atoms with Crippen molar-refractivity contribution in [2.24, 2.45) is 0 Å². The van der Waals surface area contributed by atoms with Crippen molar-refractivity contribution >= 4 is 0 Å². The molecule has 4 rings (SSSR count). The smallest absolute Gasteiger partial charge is 0.123 e. The first-order valence-electron chi connectivity index (χ1n) is 8.72. The Morgan fingerprint density at radius 1 is 0.760 bits per heavy atom. The van der Waals surface area contributed by atoms with E-state index in [2.05, 4.69) is 25.1 Å². The largest absolute Gasteiger partial charge is 0.207 e. The van der Waals surface area contributed by atoms with Gasteiger partial charge in [0.25, 0.3) is 0 Å². The molecule has 126 valence electrons. The third-order valence-electron chi connectivity index (χ3n) is 5.52. The van der Waals surface area contributed by atoms with Crippen LogP contribution in [-0.2, 0) is 11.8 Å². The van der Waals surface area contributed by atoms with Gasteiger partial charge >= 0.3 is 0 Å². The summed E-state index contributed by atoms with van der Waals surface area (Å²) in [5, 5.41) is 0. The average molecular weight is 334 g/mol. The SMILES string of the molecule is Cc1cccc2c1CCCC2(c1ccc(F)cc1)c1ccc(F)cc1. The van der Waals surface area contributed by atoms with Gasteiger partial charge in [-0.3, -0.25) is 0 Å². The third kappa shape index (κ3) is 2.57. The summed E-state index contributed by atoms with van der Waals surface area (Å²) in [5.41, 5.74) is 5.67. The Balaban J connectivity index is 2.03. The molecular weight excluding hydrogens is 314 g/mol. The molecule has 0 unspecified atom stereocenters. The summed E-state index contributed by atoms with van der Waals surface area (Å²) in [6, 6.07) is 20.0. The van der Waals surface area contributed by atoms with Crippen LogP contribution in [0.5, 0.6) is 0 Å². The Bertz CT molecular complexity index is 847. The quantitative estimate of drug-likeness (QED) is 0.544. The summed E-state index contributed by atoms with van der Waals surface area (Å²) in [7, 11) is 0. The zero-order chi connectivity index (χ0) is 17.4. The fourth-order valence-corrected chi connectivity index (χ4v) is 4.33. The summed E-state index contributed by atoms with van der Waals surface area (Å²) >= 11 is 0. The van der Waals surface area contributed by atoms with E-state index < -0.39 is 0 Å². The standard InChI is InChI=1S/C23H20F2/c1-16-4-2-6-22-21(16)5-3-15-23(22,17-7-11-19(24)12-8-17)18-9-13-20(25)14-10-18/h2,4,6-14H,3,5,15H2,1H3. The molecule has 1 aliphatic carbocycles. The molecule has 3 aromatic rings. The first kappa shape index (κ1) is 16.0. The minimum Gasteiger partial charge on any atom is -0.207 e. The Morgan fingerprint density at radius 2 is 1.32 bits per heavy atom. The molecule has 0 N–H and O–H groups in total. The number of fused-ring (bicyclic) bond motifs is 1. The molecule has 0 heterocycles. The maximum absolute atomic E-state index is 13.5. The minimum atomic E-state index is -0.360. The highest BCUT2D eigenvalue weighted by Gasteiger charge is 2.40. The number of halogens is 2. The van der Waals surface area contributed by atoms with Gasteiger partial charge in [-0.1, -0.05) is 42.5 Å². The van der Waals surface area contributed by atoms with Gasteiger partial charge in [-0.05, 0) is 78.3 Å². The van der Waals surface area contributed by atoms with Crippen molar-refractivity contribution in [2.75, 3.05) is 0 Å². The van der Waals surface area contributed by atoms with E-state index in [1.54, 1.807) is 0 Å². The highest BCUT2D eigenvalue weighted by atomic mass is 19.1.